The summed E-state index contributed by atoms with van der Waals surface area (Å²) in [5, 5.41) is 3.27. The van der Waals surface area contributed by atoms with Crippen molar-refractivity contribution in [2.24, 2.45) is 0 Å². The summed E-state index contributed by atoms with van der Waals surface area (Å²) in [4.78, 5) is 27.4. The molecule has 4 rings (SSSR count). The fourth-order valence-corrected chi connectivity index (χ4v) is 5.62. The van der Waals surface area contributed by atoms with Crippen molar-refractivity contribution in [3.8, 4) is 0 Å². The van der Waals surface area contributed by atoms with Crippen LogP contribution in [0.5, 0.6) is 0 Å². The van der Waals surface area contributed by atoms with E-state index in [-0.39, 0.29) is 16.7 Å². The Morgan fingerprint density at radius 1 is 1.03 bits per heavy atom. The first-order chi connectivity index (χ1) is 14.4. The van der Waals surface area contributed by atoms with Crippen molar-refractivity contribution in [1.29, 1.82) is 0 Å². The molecule has 9 heteroatoms. The van der Waals surface area contributed by atoms with E-state index in [9.17, 15) is 18.0 Å². The second-order valence-electron chi connectivity index (χ2n) is 7.38. The molecule has 0 aliphatic carbocycles. The van der Waals surface area contributed by atoms with Gasteiger partial charge in [-0.2, -0.15) is 4.31 Å². The van der Waals surface area contributed by atoms with Gasteiger partial charge >= 0.3 is 0 Å². The summed E-state index contributed by atoms with van der Waals surface area (Å²) in [6.07, 6.45) is 1.72. The molecular formula is C21H22ClN3O4S. The van der Waals surface area contributed by atoms with Crippen LogP contribution in [0.2, 0.25) is 5.02 Å². The van der Waals surface area contributed by atoms with Gasteiger partial charge in [-0.3, -0.25) is 9.59 Å². The van der Waals surface area contributed by atoms with Crippen LogP contribution in [0.4, 0.5) is 0 Å². The van der Waals surface area contributed by atoms with Crippen LogP contribution in [0.3, 0.4) is 0 Å². The third-order valence-corrected chi connectivity index (χ3v) is 7.59. The highest BCUT2D eigenvalue weighted by Crippen LogP contribution is 2.28. The van der Waals surface area contributed by atoms with Crippen molar-refractivity contribution in [2.45, 2.75) is 23.8 Å². The van der Waals surface area contributed by atoms with Gasteiger partial charge in [0.2, 0.25) is 15.9 Å². The topological polar surface area (TPSA) is 86.8 Å². The highest BCUT2D eigenvalue weighted by Gasteiger charge is 2.35. The Labute approximate surface area is 180 Å². The third-order valence-electron chi connectivity index (χ3n) is 5.44. The highest BCUT2D eigenvalue weighted by molar-refractivity contribution is 7.89. The molecule has 0 spiro atoms. The summed E-state index contributed by atoms with van der Waals surface area (Å²) in [5.41, 5.74) is 0.957. The molecule has 7 nitrogen and oxygen atoms in total. The zero-order valence-electron chi connectivity index (χ0n) is 16.3. The Hall–Kier alpha value is -2.42. The summed E-state index contributed by atoms with van der Waals surface area (Å²) >= 11 is 6.07. The minimum Gasteiger partial charge on any atom is -0.352 e. The first-order valence-corrected chi connectivity index (χ1v) is 11.6. The van der Waals surface area contributed by atoms with E-state index in [0.717, 1.165) is 12.8 Å². The summed E-state index contributed by atoms with van der Waals surface area (Å²) < 4.78 is 26.9. The molecule has 2 amide bonds. The number of piperazine rings is 1. The molecule has 158 valence electrons. The highest BCUT2D eigenvalue weighted by atomic mass is 35.5. The van der Waals surface area contributed by atoms with Gasteiger partial charge in [0.15, 0.2) is 0 Å². The second-order valence-corrected chi connectivity index (χ2v) is 9.76. The zero-order valence-corrected chi connectivity index (χ0v) is 17.8. The number of nitrogens with one attached hydrogen (secondary N) is 1. The van der Waals surface area contributed by atoms with E-state index in [4.69, 9.17) is 11.6 Å². The molecule has 2 aliphatic heterocycles. The van der Waals surface area contributed by atoms with Gasteiger partial charge in [-0.15, -0.1) is 0 Å². The van der Waals surface area contributed by atoms with Crippen LogP contribution in [-0.2, 0) is 14.8 Å². The van der Waals surface area contributed by atoms with E-state index in [0.29, 0.717) is 42.3 Å². The van der Waals surface area contributed by atoms with Crippen molar-refractivity contribution in [3.05, 3.63) is 64.7 Å². The number of carbonyl (C=O) groups is 2. The molecule has 2 aliphatic rings. The number of carbonyl (C=O) groups excluding carboxylic acids is 2. The summed E-state index contributed by atoms with van der Waals surface area (Å²) in [5.74, 6) is -0.606. The van der Waals surface area contributed by atoms with Gasteiger partial charge in [-0.05, 0) is 54.8 Å². The first-order valence-electron chi connectivity index (χ1n) is 9.82. The lowest BCUT2D eigenvalue weighted by atomic mass is 10.0. The monoisotopic (exact) mass is 447 g/mol. The minimum atomic E-state index is -3.54. The lowest BCUT2D eigenvalue weighted by Crippen LogP contribution is -2.52. The predicted molar refractivity (Wildman–Crippen MR) is 113 cm³/mol. The number of halogens is 1. The van der Waals surface area contributed by atoms with Crippen molar-refractivity contribution in [2.75, 3.05) is 26.2 Å². The molecule has 0 aromatic heterocycles. The predicted octanol–water partition coefficient (Wildman–Crippen LogP) is 2.44. The van der Waals surface area contributed by atoms with E-state index in [1.165, 1.54) is 33.5 Å². The number of benzene rings is 2. The number of hydrogen-bond donors (Lipinski definition) is 1. The first kappa shape index (κ1) is 20.8. The second kappa shape index (κ2) is 8.37. The van der Waals surface area contributed by atoms with Crippen LogP contribution in [0.25, 0.3) is 0 Å². The third kappa shape index (κ3) is 3.95. The van der Waals surface area contributed by atoms with E-state index in [1.807, 2.05) is 0 Å². The molecule has 2 aromatic carbocycles. The molecular weight excluding hydrogens is 426 g/mol. The number of sulfonamides is 1. The maximum Gasteiger partial charge on any atom is 0.254 e. The van der Waals surface area contributed by atoms with Crippen LogP contribution < -0.4 is 5.32 Å². The molecule has 2 heterocycles. The van der Waals surface area contributed by atoms with Crippen LogP contribution in [0.15, 0.2) is 53.4 Å². The Balaban J connectivity index is 1.60. The standard InChI is InChI=1S/C21H22ClN3O4S/c22-17-5-3-4-16(14-17)19-20(26)23-10-13-25(19)21(27)15-6-8-18(9-7-15)30(28,29)24-11-1-2-12-24/h3-9,14,19H,1-2,10-13H2,(H,23,26). The van der Waals surface area contributed by atoms with E-state index in [1.54, 1.807) is 24.3 Å². The number of rotatable bonds is 4. The lowest BCUT2D eigenvalue weighted by molar-refractivity contribution is -0.128. The molecule has 1 atom stereocenters. The van der Waals surface area contributed by atoms with Gasteiger partial charge in [-0.1, -0.05) is 23.7 Å². The van der Waals surface area contributed by atoms with Crippen molar-refractivity contribution < 1.29 is 18.0 Å². The summed E-state index contributed by atoms with van der Waals surface area (Å²) in [6, 6.07) is 12.0. The molecule has 0 radical (unpaired) electrons. The van der Waals surface area contributed by atoms with Gasteiger partial charge in [-0.25, -0.2) is 8.42 Å². The van der Waals surface area contributed by atoms with Crippen LogP contribution in [-0.4, -0.2) is 55.6 Å². The van der Waals surface area contributed by atoms with Gasteiger partial charge in [0.25, 0.3) is 5.91 Å². The SMILES string of the molecule is O=C1NCCN(C(=O)c2ccc(S(=O)(=O)N3CCCC3)cc2)C1c1cccc(Cl)c1. The largest absolute Gasteiger partial charge is 0.352 e. The lowest BCUT2D eigenvalue weighted by Gasteiger charge is -2.35. The van der Waals surface area contributed by atoms with E-state index < -0.39 is 16.1 Å². The van der Waals surface area contributed by atoms with Crippen LogP contribution in [0, 0.1) is 0 Å². The minimum absolute atomic E-state index is 0.170. The van der Waals surface area contributed by atoms with Crippen molar-refractivity contribution in [3.63, 3.8) is 0 Å². The van der Waals surface area contributed by atoms with Gasteiger partial charge < -0.3 is 10.2 Å². The van der Waals surface area contributed by atoms with Gasteiger partial charge in [0.1, 0.15) is 6.04 Å². The normalized spacial score (nSPS) is 20.2. The maximum atomic E-state index is 13.2. The Bertz CT molecular complexity index is 1070. The average molecular weight is 448 g/mol. The smallest absolute Gasteiger partial charge is 0.254 e. The fourth-order valence-electron chi connectivity index (χ4n) is 3.91. The summed E-state index contributed by atoms with van der Waals surface area (Å²) in [6.45, 7) is 1.74. The molecule has 2 fully saturated rings. The Morgan fingerprint density at radius 3 is 2.40 bits per heavy atom. The van der Waals surface area contributed by atoms with Gasteiger partial charge in [0, 0.05) is 36.8 Å². The molecule has 2 aromatic rings. The Morgan fingerprint density at radius 2 is 1.73 bits per heavy atom. The quantitative estimate of drug-likeness (QED) is 0.779. The molecule has 1 N–H and O–H groups in total. The average Bonchev–Trinajstić information content (AvgIpc) is 3.29. The number of hydrogen-bond acceptors (Lipinski definition) is 4. The Kier molecular flexibility index (Phi) is 5.81. The number of amides is 2. The fraction of sp³-hybridized carbons (Fsp3) is 0.333. The van der Waals surface area contributed by atoms with E-state index in [2.05, 4.69) is 5.32 Å². The molecule has 30 heavy (non-hydrogen) atoms. The summed E-state index contributed by atoms with van der Waals surface area (Å²) in [7, 11) is -3.54. The molecule has 0 bridgehead atoms. The molecule has 1 unspecified atom stereocenters. The van der Waals surface area contributed by atoms with Gasteiger partial charge in [0.05, 0.1) is 4.90 Å². The van der Waals surface area contributed by atoms with Crippen molar-refractivity contribution in [1.82, 2.24) is 14.5 Å². The number of nitrogens with zero attached hydrogens (tertiary/aromatic N) is 2. The molecule has 0 saturated carbocycles. The zero-order chi connectivity index (χ0) is 21.3. The van der Waals surface area contributed by atoms with Crippen molar-refractivity contribution >= 4 is 33.4 Å². The van der Waals surface area contributed by atoms with Crippen LogP contribution in [0.1, 0.15) is 34.8 Å². The maximum absolute atomic E-state index is 13.2. The van der Waals surface area contributed by atoms with E-state index >= 15 is 0 Å². The molecule has 2 saturated heterocycles. The van der Waals surface area contributed by atoms with Crippen LogP contribution >= 0.6 is 11.6 Å².